The van der Waals surface area contributed by atoms with Gasteiger partial charge in [0.05, 0.1) is 19.2 Å². The minimum Gasteiger partial charge on any atom is -0.495 e. The first-order valence-corrected chi connectivity index (χ1v) is 9.72. The Morgan fingerprint density at radius 1 is 1.11 bits per heavy atom. The number of rotatable bonds is 7. The number of ether oxygens (including phenoxy) is 2. The molecule has 0 fully saturated rings. The van der Waals surface area contributed by atoms with E-state index in [4.69, 9.17) is 9.47 Å². The average molecular weight is 395 g/mol. The number of carbonyl (C=O) groups excluding carboxylic acids is 2. The molecule has 0 saturated carbocycles. The number of hydrogen-bond acceptors (Lipinski definition) is 5. The molecule has 0 aliphatic carbocycles. The van der Waals surface area contributed by atoms with Crippen molar-refractivity contribution < 1.29 is 19.1 Å². The van der Waals surface area contributed by atoms with Crippen molar-refractivity contribution in [2.45, 2.75) is 19.4 Å². The Kier molecular flexibility index (Phi) is 6.45. The van der Waals surface area contributed by atoms with E-state index in [1.54, 1.807) is 30.3 Å². The van der Waals surface area contributed by atoms with Gasteiger partial charge in [-0.05, 0) is 47.0 Å². The molecule has 0 aliphatic heterocycles. The lowest BCUT2D eigenvalue weighted by Gasteiger charge is -2.19. The Morgan fingerprint density at radius 3 is 2.57 bits per heavy atom. The number of esters is 1. The van der Waals surface area contributed by atoms with Gasteiger partial charge in [-0.3, -0.25) is 9.59 Å². The van der Waals surface area contributed by atoms with Crippen LogP contribution in [0, 0.1) is 6.92 Å². The molecule has 1 heterocycles. The largest absolute Gasteiger partial charge is 0.495 e. The SMILES string of the molecule is COc1ccc(C)cc1NC(=O)C(OC(=O)Cc1ccsc1)c1ccccc1. The Labute approximate surface area is 167 Å². The third kappa shape index (κ3) is 4.98. The maximum Gasteiger partial charge on any atom is 0.311 e. The molecule has 1 aromatic heterocycles. The van der Waals surface area contributed by atoms with Crippen LogP contribution < -0.4 is 10.1 Å². The molecule has 0 saturated heterocycles. The van der Waals surface area contributed by atoms with Crippen molar-refractivity contribution >= 4 is 28.9 Å². The zero-order valence-corrected chi connectivity index (χ0v) is 16.5. The third-order valence-electron chi connectivity index (χ3n) is 4.13. The molecule has 28 heavy (non-hydrogen) atoms. The minimum atomic E-state index is -1.06. The molecular weight excluding hydrogens is 374 g/mol. The molecular formula is C22H21NO4S. The van der Waals surface area contributed by atoms with E-state index in [2.05, 4.69) is 5.32 Å². The lowest BCUT2D eigenvalue weighted by molar-refractivity contribution is -0.154. The summed E-state index contributed by atoms with van der Waals surface area (Å²) in [5.74, 6) is -0.359. The van der Waals surface area contributed by atoms with E-state index in [-0.39, 0.29) is 6.42 Å². The van der Waals surface area contributed by atoms with Crippen LogP contribution in [0.25, 0.3) is 0 Å². The smallest absolute Gasteiger partial charge is 0.311 e. The molecule has 1 N–H and O–H groups in total. The van der Waals surface area contributed by atoms with E-state index >= 15 is 0 Å². The van der Waals surface area contributed by atoms with Gasteiger partial charge in [0.25, 0.3) is 5.91 Å². The van der Waals surface area contributed by atoms with Gasteiger partial charge in [0.2, 0.25) is 6.10 Å². The zero-order valence-electron chi connectivity index (χ0n) is 15.7. The van der Waals surface area contributed by atoms with Crippen molar-refractivity contribution in [3.8, 4) is 5.75 Å². The van der Waals surface area contributed by atoms with E-state index in [0.29, 0.717) is 17.0 Å². The first-order chi connectivity index (χ1) is 13.6. The second-order valence-electron chi connectivity index (χ2n) is 6.28. The summed E-state index contributed by atoms with van der Waals surface area (Å²) in [6.07, 6.45) is -0.939. The summed E-state index contributed by atoms with van der Waals surface area (Å²) >= 11 is 1.51. The highest BCUT2D eigenvalue weighted by Gasteiger charge is 2.26. The van der Waals surface area contributed by atoms with Crippen molar-refractivity contribution in [1.29, 1.82) is 0 Å². The third-order valence-corrected chi connectivity index (χ3v) is 4.86. The van der Waals surface area contributed by atoms with Crippen LogP contribution in [-0.4, -0.2) is 19.0 Å². The molecule has 0 bridgehead atoms. The topological polar surface area (TPSA) is 64.6 Å². The van der Waals surface area contributed by atoms with Crippen LogP contribution >= 0.6 is 11.3 Å². The summed E-state index contributed by atoms with van der Waals surface area (Å²) in [6, 6.07) is 16.3. The van der Waals surface area contributed by atoms with Gasteiger partial charge in [0.15, 0.2) is 0 Å². The second-order valence-corrected chi connectivity index (χ2v) is 7.06. The van der Waals surface area contributed by atoms with E-state index in [1.807, 2.05) is 41.9 Å². The standard InChI is InChI=1S/C22H21NO4S/c1-15-8-9-19(26-2)18(12-15)23-22(25)21(17-6-4-3-5-7-17)27-20(24)13-16-10-11-28-14-16/h3-12,14,21H,13H2,1-2H3,(H,23,25). The Morgan fingerprint density at radius 2 is 1.89 bits per heavy atom. The van der Waals surface area contributed by atoms with Gasteiger partial charge < -0.3 is 14.8 Å². The molecule has 3 aromatic rings. The first-order valence-electron chi connectivity index (χ1n) is 8.78. The number of amides is 1. The number of methoxy groups -OCH3 is 1. The normalized spacial score (nSPS) is 11.5. The fraction of sp³-hybridized carbons (Fsp3) is 0.182. The molecule has 6 heteroatoms. The van der Waals surface area contributed by atoms with E-state index < -0.39 is 18.0 Å². The van der Waals surface area contributed by atoms with Gasteiger partial charge in [-0.25, -0.2) is 0 Å². The highest BCUT2D eigenvalue weighted by molar-refractivity contribution is 7.08. The van der Waals surface area contributed by atoms with Crippen LogP contribution in [0.4, 0.5) is 5.69 Å². The molecule has 1 atom stereocenters. The second kappa shape index (κ2) is 9.19. The number of benzene rings is 2. The number of aryl methyl sites for hydroxylation is 1. The van der Waals surface area contributed by atoms with Crippen LogP contribution in [0.2, 0.25) is 0 Å². The lowest BCUT2D eigenvalue weighted by atomic mass is 10.1. The minimum absolute atomic E-state index is 0.119. The predicted octanol–water partition coefficient (Wildman–Crippen LogP) is 4.53. The van der Waals surface area contributed by atoms with Crippen molar-refractivity contribution in [3.05, 3.63) is 82.0 Å². The molecule has 2 aromatic carbocycles. The lowest BCUT2D eigenvalue weighted by Crippen LogP contribution is -2.26. The summed E-state index contributed by atoms with van der Waals surface area (Å²) in [7, 11) is 1.54. The zero-order chi connectivity index (χ0) is 19.9. The van der Waals surface area contributed by atoms with Crippen molar-refractivity contribution in [3.63, 3.8) is 0 Å². The molecule has 144 valence electrons. The van der Waals surface area contributed by atoms with Gasteiger partial charge in [0.1, 0.15) is 5.75 Å². The predicted molar refractivity (Wildman–Crippen MR) is 110 cm³/mol. The number of anilines is 1. The maximum atomic E-state index is 13.0. The molecule has 0 aliphatic rings. The number of nitrogens with one attached hydrogen (secondary N) is 1. The fourth-order valence-corrected chi connectivity index (χ4v) is 3.42. The van der Waals surface area contributed by atoms with E-state index in [1.165, 1.54) is 18.4 Å². The fourth-order valence-electron chi connectivity index (χ4n) is 2.75. The summed E-state index contributed by atoms with van der Waals surface area (Å²) in [6.45, 7) is 1.92. The molecule has 3 rings (SSSR count). The van der Waals surface area contributed by atoms with Crippen LogP contribution in [0.1, 0.15) is 22.8 Å². The van der Waals surface area contributed by atoms with Gasteiger partial charge in [0, 0.05) is 5.56 Å². The van der Waals surface area contributed by atoms with Crippen molar-refractivity contribution in [2.75, 3.05) is 12.4 Å². The quantitative estimate of drug-likeness (QED) is 0.597. The first kappa shape index (κ1) is 19.6. The van der Waals surface area contributed by atoms with E-state index in [9.17, 15) is 9.59 Å². The molecule has 1 amide bonds. The van der Waals surface area contributed by atoms with Crippen LogP contribution in [0.3, 0.4) is 0 Å². The monoisotopic (exact) mass is 395 g/mol. The molecule has 0 spiro atoms. The average Bonchev–Trinajstić information content (AvgIpc) is 3.20. The van der Waals surface area contributed by atoms with Crippen molar-refractivity contribution in [1.82, 2.24) is 0 Å². The Balaban J connectivity index is 1.81. The highest BCUT2D eigenvalue weighted by Crippen LogP contribution is 2.28. The van der Waals surface area contributed by atoms with Crippen LogP contribution in [0.5, 0.6) is 5.75 Å². The summed E-state index contributed by atoms with van der Waals surface area (Å²) in [5.41, 5.74) is 2.97. The summed E-state index contributed by atoms with van der Waals surface area (Å²) in [4.78, 5) is 25.4. The van der Waals surface area contributed by atoms with Crippen LogP contribution in [-0.2, 0) is 20.7 Å². The number of thiophene rings is 1. The van der Waals surface area contributed by atoms with Gasteiger partial charge >= 0.3 is 5.97 Å². The van der Waals surface area contributed by atoms with Crippen molar-refractivity contribution in [2.24, 2.45) is 0 Å². The summed E-state index contributed by atoms with van der Waals surface area (Å²) < 4.78 is 10.9. The maximum absolute atomic E-state index is 13.0. The molecule has 0 radical (unpaired) electrons. The molecule has 1 unspecified atom stereocenters. The Hall–Kier alpha value is -3.12. The summed E-state index contributed by atoms with van der Waals surface area (Å²) in [5, 5.41) is 6.61. The number of hydrogen-bond donors (Lipinski definition) is 1. The molecule has 5 nitrogen and oxygen atoms in total. The number of carbonyl (C=O) groups is 2. The van der Waals surface area contributed by atoms with E-state index in [0.717, 1.165) is 11.1 Å². The van der Waals surface area contributed by atoms with Crippen LogP contribution in [0.15, 0.2) is 65.4 Å². The van der Waals surface area contributed by atoms with Gasteiger partial charge in [-0.1, -0.05) is 36.4 Å². The van der Waals surface area contributed by atoms with Gasteiger partial charge in [-0.2, -0.15) is 11.3 Å². The highest BCUT2D eigenvalue weighted by atomic mass is 32.1. The van der Waals surface area contributed by atoms with Gasteiger partial charge in [-0.15, -0.1) is 0 Å². The Bertz CT molecular complexity index is 938.